The lowest BCUT2D eigenvalue weighted by Crippen LogP contribution is -2.10. The molecule has 0 saturated carbocycles. The van der Waals surface area contributed by atoms with E-state index in [2.05, 4.69) is 0 Å². The molecule has 1 aromatic carbocycles. The summed E-state index contributed by atoms with van der Waals surface area (Å²) in [6, 6.07) is 5.30. The maximum atomic E-state index is 11.0. The van der Waals surface area contributed by atoms with Crippen molar-refractivity contribution in [2.75, 3.05) is 33.0 Å². The van der Waals surface area contributed by atoms with Crippen molar-refractivity contribution in [3.05, 3.63) is 34.4 Å². The van der Waals surface area contributed by atoms with Crippen molar-refractivity contribution in [3.63, 3.8) is 0 Å². The number of ether oxygens (including phenoxy) is 3. The van der Waals surface area contributed by atoms with Gasteiger partial charge in [0, 0.05) is 6.61 Å². The van der Waals surface area contributed by atoms with Crippen LogP contribution in [0.1, 0.15) is 25.5 Å². The summed E-state index contributed by atoms with van der Waals surface area (Å²) in [6.45, 7) is 6.74. The Balaban J connectivity index is 1.76. The van der Waals surface area contributed by atoms with E-state index in [9.17, 15) is 4.79 Å². The number of rotatable bonds is 9. The second kappa shape index (κ2) is 7.97. The molecule has 2 aromatic rings. The van der Waals surface area contributed by atoms with Crippen molar-refractivity contribution in [2.45, 2.75) is 20.0 Å². The maximum absolute atomic E-state index is 11.0. The van der Waals surface area contributed by atoms with Gasteiger partial charge >= 0.3 is 5.82 Å². The van der Waals surface area contributed by atoms with E-state index in [-0.39, 0.29) is 6.10 Å². The van der Waals surface area contributed by atoms with Gasteiger partial charge in [-0.05, 0) is 31.5 Å². The van der Waals surface area contributed by atoms with E-state index in [4.69, 9.17) is 23.0 Å². The molecule has 1 unspecified atom stereocenters. The van der Waals surface area contributed by atoms with E-state index in [1.807, 2.05) is 19.9 Å². The topological polar surface area (TPSA) is 71.0 Å². The molecule has 1 aromatic heterocycles. The smallest absolute Gasteiger partial charge is 0.391 e. The lowest BCUT2D eigenvalue weighted by Gasteiger charge is -2.13. The summed E-state index contributed by atoms with van der Waals surface area (Å²) in [5.41, 5.74) is 1.79. The van der Waals surface area contributed by atoms with Crippen LogP contribution in [0.4, 0.5) is 0 Å². The molecule has 0 N–H and O–H groups in total. The molecule has 0 bridgehead atoms. The Morgan fingerprint density at radius 2 is 1.76 bits per heavy atom. The van der Waals surface area contributed by atoms with Crippen LogP contribution >= 0.6 is 0 Å². The van der Waals surface area contributed by atoms with Crippen LogP contribution in [-0.2, 0) is 14.2 Å². The maximum Gasteiger partial charge on any atom is 0.519 e. The van der Waals surface area contributed by atoms with Crippen LogP contribution < -0.4 is 5.82 Å². The quantitative estimate of drug-likeness (QED) is 0.662. The Kier molecular flexibility index (Phi) is 5.98. The summed E-state index contributed by atoms with van der Waals surface area (Å²) >= 11 is 0. The van der Waals surface area contributed by atoms with Crippen molar-refractivity contribution in [2.24, 2.45) is 0 Å². The van der Waals surface area contributed by atoms with Crippen molar-refractivity contribution < 1.29 is 23.0 Å². The second-order valence-corrected chi connectivity index (χ2v) is 4.48. The minimum Gasteiger partial charge on any atom is -0.391 e. The monoisotopic (exact) mass is 296 g/mol. The van der Waals surface area contributed by atoms with Gasteiger partial charge in [0.1, 0.15) is 0 Å². The van der Waals surface area contributed by atoms with E-state index in [0.717, 1.165) is 5.56 Å². The highest BCUT2D eigenvalue weighted by Gasteiger charge is 2.10. The van der Waals surface area contributed by atoms with Gasteiger partial charge in [0.2, 0.25) is 0 Å². The molecule has 6 nitrogen and oxygen atoms in total. The first kappa shape index (κ1) is 15.8. The highest BCUT2D eigenvalue weighted by Crippen LogP contribution is 2.21. The number of hydrogen-bond acceptors (Lipinski definition) is 6. The largest absolute Gasteiger partial charge is 0.519 e. The fraction of sp³-hybridized carbons (Fsp3) is 0.533. The molecule has 21 heavy (non-hydrogen) atoms. The van der Waals surface area contributed by atoms with Gasteiger partial charge in [-0.2, -0.15) is 0 Å². The summed E-state index contributed by atoms with van der Waals surface area (Å²) < 4.78 is 26.0. The average Bonchev–Trinajstić information content (AvgIpc) is 2.85. The Bertz CT molecular complexity index is 599. The molecule has 116 valence electrons. The molecule has 0 aliphatic rings. The number of fused-ring (bicyclic) bond motifs is 1. The molecule has 0 fully saturated rings. The highest BCUT2D eigenvalue weighted by atomic mass is 16.6. The molecular formula is C15H20O6. The average molecular weight is 296 g/mol. The van der Waals surface area contributed by atoms with Gasteiger partial charge in [-0.1, -0.05) is 6.07 Å². The second-order valence-electron chi connectivity index (χ2n) is 4.48. The van der Waals surface area contributed by atoms with Crippen LogP contribution in [-0.4, -0.2) is 33.0 Å². The van der Waals surface area contributed by atoms with Gasteiger partial charge in [0.15, 0.2) is 11.2 Å². The zero-order valence-electron chi connectivity index (χ0n) is 12.3. The fourth-order valence-electron chi connectivity index (χ4n) is 1.89. The molecule has 0 radical (unpaired) electrons. The van der Waals surface area contributed by atoms with Crippen LogP contribution in [0.5, 0.6) is 0 Å². The highest BCUT2D eigenvalue weighted by molar-refractivity contribution is 5.70. The third kappa shape index (κ3) is 4.70. The Labute approximate surface area is 122 Å². The van der Waals surface area contributed by atoms with Crippen molar-refractivity contribution >= 4 is 11.2 Å². The Morgan fingerprint density at radius 1 is 1.05 bits per heavy atom. The van der Waals surface area contributed by atoms with Crippen LogP contribution in [0.25, 0.3) is 11.2 Å². The number of hydrogen-bond donors (Lipinski definition) is 0. The Morgan fingerprint density at radius 3 is 2.57 bits per heavy atom. The van der Waals surface area contributed by atoms with E-state index in [0.29, 0.717) is 44.2 Å². The summed E-state index contributed by atoms with van der Waals surface area (Å²) in [5, 5.41) is 0. The SMILES string of the molecule is CCOCCOCCOC(C)c1ccc2oc(=O)oc2c1. The predicted octanol–water partition coefficient (Wildman–Crippen LogP) is 2.52. The first-order chi connectivity index (χ1) is 10.2. The third-order valence-electron chi connectivity index (χ3n) is 3.00. The van der Waals surface area contributed by atoms with Crippen LogP contribution in [0, 0.1) is 0 Å². The molecule has 6 heteroatoms. The van der Waals surface area contributed by atoms with Crippen LogP contribution in [0.3, 0.4) is 0 Å². The van der Waals surface area contributed by atoms with Gasteiger partial charge < -0.3 is 23.0 Å². The van der Waals surface area contributed by atoms with E-state index < -0.39 is 5.82 Å². The van der Waals surface area contributed by atoms with E-state index >= 15 is 0 Å². The lowest BCUT2D eigenvalue weighted by molar-refractivity contribution is -0.00546. The Hall–Kier alpha value is -1.63. The van der Waals surface area contributed by atoms with Gasteiger partial charge in [-0.15, -0.1) is 0 Å². The third-order valence-corrected chi connectivity index (χ3v) is 3.00. The molecule has 0 aliphatic heterocycles. The standard InChI is InChI=1S/C15H20O6/c1-3-17-6-7-18-8-9-19-11(2)12-4-5-13-14(10-12)21-15(16)20-13/h4-5,10-11H,3,6-9H2,1-2H3. The molecule has 0 saturated heterocycles. The van der Waals surface area contributed by atoms with Crippen LogP contribution in [0.15, 0.2) is 31.8 Å². The molecule has 0 amide bonds. The molecule has 1 heterocycles. The van der Waals surface area contributed by atoms with Crippen molar-refractivity contribution in [3.8, 4) is 0 Å². The fourth-order valence-corrected chi connectivity index (χ4v) is 1.89. The lowest BCUT2D eigenvalue weighted by atomic mass is 10.1. The van der Waals surface area contributed by atoms with Gasteiger partial charge in [-0.25, -0.2) is 4.79 Å². The van der Waals surface area contributed by atoms with Crippen LogP contribution in [0.2, 0.25) is 0 Å². The minimum atomic E-state index is -0.696. The predicted molar refractivity (Wildman–Crippen MR) is 76.4 cm³/mol. The zero-order chi connectivity index (χ0) is 15.1. The van der Waals surface area contributed by atoms with Gasteiger partial charge in [0.05, 0.1) is 32.5 Å². The minimum absolute atomic E-state index is 0.120. The van der Waals surface area contributed by atoms with Gasteiger partial charge in [-0.3, -0.25) is 0 Å². The summed E-state index contributed by atoms with van der Waals surface area (Å²) in [5.74, 6) is -0.696. The molecule has 0 spiro atoms. The molecule has 1 atom stereocenters. The molecule has 0 aliphatic carbocycles. The normalized spacial score (nSPS) is 12.9. The van der Waals surface area contributed by atoms with E-state index in [1.165, 1.54) is 0 Å². The summed E-state index contributed by atoms with van der Waals surface area (Å²) in [7, 11) is 0. The summed E-state index contributed by atoms with van der Waals surface area (Å²) in [6.07, 6.45) is -0.120. The molecule has 2 rings (SSSR count). The summed E-state index contributed by atoms with van der Waals surface area (Å²) in [4.78, 5) is 11.0. The first-order valence-electron chi connectivity index (χ1n) is 7.01. The van der Waals surface area contributed by atoms with Gasteiger partial charge in [0.25, 0.3) is 0 Å². The number of benzene rings is 1. The van der Waals surface area contributed by atoms with Crippen molar-refractivity contribution in [1.82, 2.24) is 0 Å². The van der Waals surface area contributed by atoms with Crippen molar-refractivity contribution in [1.29, 1.82) is 0 Å². The van der Waals surface area contributed by atoms with E-state index in [1.54, 1.807) is 12.1 Å². The zero-order valence-corrected chi connectivity index (χ0v) is 12.3. The first-order valence-corrected chi connectivity index (χ1v) is 7.01. The molecular weight excluding hydrogens is 276 g/mol.